The number of methoxy groups -OCH3 is 1. The van der Waals surface area contributed by atoms with Gasteiger partial charge < -0.3 is 15.4 Å². The van der Waals surface area contributed by atoms with Gasteiger partial charge in [0.2, 0.25) is 0 Å². The van der Waals surface area contributed by atoms with Crippen LogP contribution in [0.25, 0.3) is 0 Å². The van der Waals surface area contributed by atoms with Gasteiger partial charge in [-0.3, -0.25) is 0 Å². The summed E-state index contributed by atoms with van der Waals surface area (Å²) >= 11 is 11.1. The lowest BCUT2D eigenvalue weighted by molar-refractivity contribution is 0.415. The Morgan fingerprint density at radius 2 is 2.29 bits per heavy atom. The Hall–Kier alpha value is -1.26. The van der Waals surface area contributed by atoms with Crippen molar-refractivity contribution in [2.45, 2.75) is 6.54 Å². The predicted octanol–water partition coefficient (Wildman–Crippen LogP) is 2.50. The first-order valence-corrected chi connectivity index (χ1v) is 5.91. The summed E-state index contributed by atoms with van der Waals surface area (Å²) in [5, 5.41) is 7.24. The second kappa shape index (κ2) is 7.14. The molecule has 0 unspecified atom stereocenters. The van der Waals surface area contributed by atoms with Crippen LogP contribution < -0.4 is 15.4 Å². The molecule has 0 spiro atoms. The van der Waals surface area contributed by atoms with Crippen molar-refractivity contribution in [3.8, 4) is 5.75 Å². The SMILES string of the molecule is C=CCNC(=S)NCc1ccc(OC)c(Cl)c1. The van der Waals surface area contributed by atoms with Crippen molar-refractivity contribution < 1.29 is 4.74 Å². The van der Waals surface area contributed by atoms with Gasteiger partial charge in [-0.2, -0.15) is 0 Å². The third-order valence-electron chi connectivity index (χ3n) is 2.08. The van der Waals surface area contributed by atoms with E-state index in [0.29, 0.717) is 29.0 Å². The number of thiocarbonyl (C=S) groups is 1. The van der Waals surface area contributed by atoms with E-state index in [9.17, 15) is 0 Å². The maximum atomic E-state index is 6.01. The van der Waals surface area contributed by atoms with Crippen molar-refractivity contribution in [1.82, 2.24) is 10.6 Å². The summed E-state index contributed by atoms with van der Waals surface area (Å²) in [5.41, 5.74) is 1.04. The van der Waals surface area contributed by atoms with Gasteiger partial charge >= 0.3 is 0 Å². The fraction of sp³-hybridized carbons (Fsp3) is 0.250. The van der Waals surface area contributed by atoms with Crippen LogP contribution in [0.3, 0.4) is 0 Å². The van der Waals surface area contributed by atoms with E-state index in [4.69, 9.17) is 28.6 Å². The Morgan fingerprint density at radius 1 is 1.53 bits per heavy atom. The molecular formula is C12H15ClN2OS. The molecule has 17 heavy (non-hydrogen) atoms. The first-order chi connectivity index (χ1) is 8.17. The van der Waals surface area contributed by atoms with Gasteiger partial charge in [0.25, 0.3) is 0 Å². The van der Waals surface area contributed by atoms with Crippen LogP contribution in [0.2, 0.25) is 5.02 Å². The third kappa shape index (κ3) is 4.63. The highest BCUT2D eigenvalue weighted by atomic mass is 35.5. The minimum atomic E-state index is 0.594. The Kier molecular flexibility index (Phi) is 5.80. The normalized spacial score (nSPS) is 9.53. The van der Waals surface area contributed by atoms with Gasteiger partial charge in [0.15, 0.2) is 5.11 Å². The maximum absolute atomic E-state index is 6.01. The molecule has 1 aromatic rings. The van der Waals surface area contributed by atoms with Gasteiger partial charge in [0.1, 0.15) is 5.75 Å². The van der Waals surface area contributed by atoms with Crippen molar-refractivity contribution in [1.29, 1.82) is 0 Å². The summed E-state index contributed by atoms with van der Waals surface area (Å²) < 4.78 is 5.08. The minimum absolute atomic E-state index is 0.594. The molecule has 1 aromatic carbocycles. The van der Waals surface area contributed by atoms with Crippen LogP contribution in [0.4, 0.5) is 0 Å². The second-order valence-electron chi connectivity index (χ2n) is 3.32. The smallest absolute Gasteiger partial charge is 0.166 e. The molecule has 0 aliphatic carbocycles. The third-order valence-corrected chi connectivity index (χ3v) is 2.66. The first-order valence-electron chi connectivity index (χ1n) is 5.12. The van der Waals surface area contributed by atoms with E-state index in [1.165, 1.54) is 0 Å². The Balaban J connectivity index is 2.49. The van der Waals surface area contributed by atoms with E-state index in [1.54, 1.807) is 13.2 Å². The lowest BCUT2D eigenvalue weighted by atomic mass is 10.2. The molecule has 0 heterocycles. The molecular weight excluding hydrogens is 256 g/mol. The molecule has 0 saturated heterocycles. The fourth-order valence-electron chi connectivity index (χ4n) is 1.23. The molecule has 0 aliphatic rings. The Labute approximate surface area is 112 Å². The minimum Gasteiger partial charge on any atom is -0.495 e. The van der Waals surface area contributed by atoms with Gasteiger partial charge in [0, 0.05) is 13.1 Å². The highest BCUT2D eigenvalue weighted by Gasteiger charge is 2.02. The van der Waals surface area contributed by atoms with Gasteiger partial charge in [-0.1, -0.05) is 23.7 Å². The number of halogens is 1. The van der Waals surface area contributed by atoms with Crippen LogP contribution in [0, 0.1) is 0 Å². The van der Waals surface area contributed by atoms with Gasteiger partial charge in [-0.05, 0) is 29.9 Å². The molecule has 0 atom stereocenters. The van der Waals surface area contributed by atoms with E-state index in [-0.39, 0.29) is 0 Å². The number of ether oxygens (including phenoxy) is 1. The molecule has 0 aliphatic heterocycles. The zero-order valence-electron chi connectivity index (χ0n) is 9.63. The maximum Gasteiger partial charge on any atom is 0.166 e. The molecule has 3 nitrogen and oxygen atoms in total. The lowest BCUT2D eigenvalue weighted by Gasteiger charge is -2.10. The number of hydrogen-bond donors (Lipinski definition) is 2. The summed E-state index contributed by atoms with van der Waals surface area (Å²) in [5.74, 6) is 0.669. The largest absolute Gasteiger partial charge is 0.495 e. The summed E-state index contributed by atoms with van der Waals surface area (Å²) in [6.07, 6.45) is 1.75. The van der Waals surface area contributed by atoms with Crippen molar-refractivity contribution in [2.75, 3.05) is 13.7 Å². The molecule has 0 radical (unpaired) electrons. The van der Waals surface area contributed by atoms with Crippen LogP contribution in [-0.2, 0) is 6.54 Å². The lowest BCUT2D eigenvalue weighted by Crippen LogP contribution is -2.34. The van der Waals surface area contributed by atoms with E-state index in [0.717, 1.165) is 5.56 Å². The molecule has 0 saturated carbocycles. The average Bonchev–Trinajstić information content (AvgIpc) is 2.34. The number of rotatable bonds is 5. The Morgan fingerprint density at radius 3 is 2.88 bits per heavy atom. The molecule has 5 heteroatoms. The highest BCUT2D eigenvalue weighted by molar-refractivity contribution is 7.80. The first kappa shape index (κ1) is 13.8. The molecule has 92 valence electrons. The molecule has 2 N–H and O–H groups in total. The summed E-state index contributed by atoms with van der Waals surface area (Å²) in [4.78, 5) is 0. The highest BCUT2D eigenvalue weighted by Crippen LogP contribution is 2.24. The summed E-state index contributed by atoms with van der Waals surface area (Å²) in [6.45, 7) is 4.87. The van der Waals surface area contributed by atoms with E-state index >= 15 is 0 Å². The van der Waals surface area contributed by atoms with E-state index in [2.05, 4.69) is 17.2 Å². The topological polar surface area (TPSA) is 33.3 Å². The quantitative estimate of drug-likeness (QED) is 0.636. The van der Waals surface area contributed by atoms with E-state index in [1.807, 2.05) is 18.2 Å². The van der Waals surface area contributed by atoms with Crippen LogP contribution in [0.15, 0.2) is 30.9 Å². The number of nitrogens with one attached hydrogen (secondary N) is 2. The monoisotopic (exact) mass is 270 g/mol. The van der Waals surface area contributed by atoms with Crippen LogP contribution in [0.1, 0.15) is 5.56 Å². The number of hydrogen-bond acceptors (Lipinski definition) is 2. The molecule has 0 amide bonds. The van der Waals surface area contributed by atoms with Crippen LogP contribution in [0.5, 0.6) is 5.75 Å². The van der Waals surface area contributed by atoms with Gasteiger partial charge in [0.05, 0.1) is 12.1 Å². The van der Waals surface area contributed by atoms with Gasteiger partial charge in [-0.15, -0.1) is 6.58 Å². The molecule has 0 bridgehead atoms. The zero-order chi connectivity index (χ0) is 12.7. The Bertz CT molecular complexity index is 409. The van der Waals surface area contributed by atoms with E-state index < -0.39 is 0 Å². The second-order valence-corrected chi connectivity index (χ2v) is 4.14. The molecule has 1 rings (SSSR count). The molecule has 0 aromatic heterocycles. The summed E-state index contributed by atoms with van der Waals surface area (Å²) in [7, 11) is 1.59. The number of benzene rings is 1. The average molecular weight is 271 g/mol. The van der Waals surface area contributed by atoms with Gasteiger partial charge in [-0.25, -0.2) is 0 Å². The standard InChI is InChI=1S/C12H15ClN2OS/c1-3-6-14-12(17)15-8-9-4-5-11(16-2)10(13)7-9/h3-5,7H,1,6,8H2,2H3,(H2,14,15,17). The molecule has 0 fully saturated rings. The van der Waals surface area contributed by atoms with Crippen molar-refractivity contribution >= 4 is 28.9 Å². The van der Waals surface area contributed by atoms with Crippen LogP contribution in [-0.4, -0.2) is 18.8 Å². The fourth-order valence-corrected chi connectivity index (χ4v) is 1.67. The zero-order valence-corrected chi connectivity index (χ0v) is 11.2. The summed E-state index contributed by atoms with van der Waals surface area (Å²) in [6, 6.07) is 5.62. The van der Waals surface area contributed by atoms with Crippen molar-refractivity contribution in [2.24, 2.45) is 0 Å². The predicted molar refractivity (Wildman–Crippen MR) is 75.6 cm³/mol. The van der Waals surface area contributed by atoms with Crippen molar-refractivity contribution in [3.05, 3.63) is 41.4 Å². The van der Waals surface area contributed by atoms with Crippen LogP contribution >= 0.6 is 23.8 Å². The van der Waals surface area contributed by atoms with Crippen molar-refractivity contribution in [3.63, 3.8) is 0 Å².